The summed E-state index contributed by atoms with van der Waals surface area (Å²) < 4.78 is 0. The Morgan fingerprint density at radius 1 is 1.31 bits per heavy atom. The number of benzene rings is 1. The molecule has 0 aliphatic heterocycles. The van der Waals surface area contributed by atoms with E-state index in [1.54, 1.807) is 24.3 Å². The van der Waals surface area contributed by atoms with Crippen LogP contribution in [0.2, 0.25) is 0 Å². The van der Waals surface area contributed by atoms with Gasteiger partial charge in [-0.3, -0.25) is 0 Å². The molecule has 3 heteroatoms. The predicted octanol–water partition coefficient (Wildman–Crippen LogP) is 1.88. The van der Waals surface area contributed by atoms with Gasteiger partial charge in [-0.15, -0.1) is 13.2 Å². The molecular weight excluding hydrogens is 164 g/mol. The Labute approximate surface area is 78.2 Å². The first-order valence-corrected chi connectivity index (χ1v) is 3.78. The van der Waals surface area contributed by atoms with Crippen LogP contribution in [0, 0.1) is 0 Å². The Kier molecular flexibility index (Phi) is 5.03. The molecule has 0 amide bonds. The summed E-state index contributed by atoms with van der Waals surface area (Å²) in [4.78, 5) is 0. The van der Waals surface area contributed by atoms with Crippen LogP contribution in [0.4, 0.5) is 0 Å². The zero-order valence-corrected chi connectivity index (χ0v) is 7.70. The van der Waals surface area contributed by atoms with Crippen LogP contribution in [-0.4, -0.2) is 10.8 Å². The minimum Gasteiger partial charge on any atom is -0.508 e. The summed E-state index contributed by atoms with van der Waals surface area (Å²) in [7, 11) is 0. The fourth-order valence-electron chi connectivity index (χ4n) is 0.777. The monoisotopic (exact) mass is 178 g/mol. The molecule has 0 atom stereocenters. The van der Waals surface area contributed by atoms with E-state index in [1.165, 1.54) is 0 Å². The van der Waals surface area contributed by atoms with Gasteiger partial charge in [-0.05, 0) is 36.8 Å². The minimum atomic E-state index is 0.249. The molecule has 0 fully saturated rings. The summed E-state index contributed by atoms with van der Waals surface area (Å²) in [5.41, 5.74) is 1.68. The van der Waals surface area contributed by atoms with Crippen molar-refractivity contribution in [2.24, 2.45) is 10.9 Å². The average molecular weight is 178 g/mol. The summed E-state index contributed by atoms with van der Waals surface area (Å²) in [6.07, 6.45) is 0. The van der Waals surface area contributed by atoms with Crippen LogP contribution in [0.15, 0.2) is 42.5 Å². The molecule has 1 aromatic rings. The van der Waals surface area contributed by atoms with Crippen molar-refractivity contribution in [3.05, 3.63) is 43.0 Å². The third kappa shape index (κ3) is 3.42. The first-order valence-electron chi connectivity index (χ1n) is 3.78. The van der Waals surface area contributed by atoms with Crippen molar-refractivity contribution in [3.8, 4) is 5.75 Å². The van der Waals surface area contributed by atoms with Gasteiger partial charge in [0.25, 0.3) is 0 Å². The number of hydrogen-bond acceptors (Lipinski definition) is 3. The van der Waals surface area contributed by atoms with E-state index in [1.807, 2.05) is 6.92 Å². The van der Waals surface area contributed by atoms with Crippen molar-refractivity contribution in [2.45, 2.75) is 6.92 Å². The minimum absolute atomic E-state index is 0.249. The molecule has 3 N–H and O–H groups in total. The Morgan fingerprint density at radius 2 is 1.77 bits per heavy atom. The Balaban J connectivity index is 0.000000671. The van der Waals surface area contributed by atoms with E-state index in [0.29, 0.717) is 0 Å². The van der Waals surface area contributed by atoms with Crippen molar-refractivity contribution >= 4 is 5.71 Å². The summed E-state index contributed by atoms with van der Waals surface area (Å²) in [6, 6.07) is 6.73. The zero-order valence-electron chi connectivity index (χ0n) is 7.70. The maximum Gasteiger partial charge on any atom is 0.115 e. The summed E-state index contributed by atoms with van der Waals surface area (Å²) in [6.45, 7) is 7.81. The fourth-order valence-corrected chi connectivity index (χ4v) is 0.777. The zero-order chi connectivity index (χ0) is 10.3. The van der Waals surface area contributed by atoms with E-state index < -0.39 is 0 Å². The maximum absolute atomic E-state index is 8.94. The predicted molar refractivity (Wildman–Crippen MR) is 55.8 cm³/mol. The third-order valence-corrected chi connectivity index (χ3v) is 1.48. The van der Waals surface area contributed by atoms with Crippen LogP contribution in [0.25, 0.3) is 0 Å². The van der Waals surface area contributed by atoms with Crippen molar-refractivity contribution in [3.63, 3.8) is 0 Å². The normalized spacial score (nSPS) is 10.1. The molecule has 0 heterocycles. The number of hydrogen-bond donors (Lipinski definition) is 2. The SMILES string of the molecule is C/C(=N/N)c1ccc(O)cc1.C=C. The molecule has 13 heavy (non-hydrogen) atoms. The van der Waals surface area contributed by atoms with Gasteiger partial charge in [0.05, 0.1) is 5.71 Å². The molecular formula is C10H14N2O. The highest BCUT2D eigenvalue weighted by Crippen LogP contribution is 2.09. The van der Waals surface area contributed by atoms with E-state index >= 15 is 0 Å². The number of hydrazone groups is 1. The van der Waals surface area contributed by atoms with Gasteiger partial charge in [0.1, 0.15) is 5.75 Å². The van der Waals surface area contributed by atoms with Crippen molar-refractivity contribution in [2.75, 3.05) is 0 Å². The molecule has 0 aliphatic rings. The second-order valence-corrected chi connectivity index (χ2v) is 2.26. The Bertz CT molecular complexity index is 277. The van der Waals surface area contributed by atoms with Gasteiger partial charge >= 0.3 is 0 Å². The first-order chi connectivity index (χ1) is 6.24. The second-order valence-electron chi connectivity index (χ2n) is 2.26. The van der Waals surface area contributed by atoms with Gasteiger partial charge in [-0.2, -0.15) is 5.10 Å². The lowest BCUT2D eigenvalue weighted by molar-refractivity contribution is 0.475. The van der Waals surface area contributed by atoms with Gasteiger partial charge in [0.2, 0.25) is 0 Å². The molecule has 0 radical (unpaired) electrons. The van der Waals surface area contributed by atoms with Gasteiger partial charge in [0, 0.05) is 0 Å². The average Bonchev–Trinajstić information content (AvgIpc) is 2.21. The van der Waals surface area contributed by atoms with Crippen LogP contribution >= 0.6 is 0 Å². The molecule has 0 bridgehead atoms. The Hall–Kier alpha value is -1.77. The smallest absolute Gasteiger partial charge is 0.115 e. The summed E-state index contributed by atoms with van der Waals surface area (Å²) in [5, 5.41) is 12.5. The number of nitrogens with two attached hydrogens (primary N) is 1. The van der Waals surface area contributed by atoms with E-state index in [9.17, 15) is 0 Å². The fraction of sp³-hybridized carbons (Fsp3) is 0.100. The van der Waals surface area contributed by atoms with Gasteiger partial charge in [0.15, 0.2) is 0 Å². The molecule has 0 saturated carbocycles. The number of rotatable bonds is 1. The summed E-state index contributed by atoms with van der Waals surface area (Å²) in [5.74, 6) is 5.32. The highest BCUT2D eigenvalue weighted by atomic mass is 16.3. The van der Waals surface area contributed by atoms with E-state index in [4.69, 9.17) is 10.9 Å². The quantitative estimate of drug-likeness (QED) is 0.298. The van der Waals surface area contributed by atoms with Crippen LogP contribution in [0.5, 0.6) is 5.75 Å². The largest absolute Gasteiger partial charge is 0.508 e. The lowest BCUT2D eigenvalue weighted by Crippen LogP contribution is -1.97. The number of aromatic hydroxyl groups is 1. The van der Waals surface area contributed by atoms with E-state index in [-0.39, 0.29) is 5.75 Å². The van der Waals surface area contributed by atoms with Crippen LogP contribution < -0.4 is 5.84 Å². The van der Waals surface area contributed by atoms with Crippen molar-refractivity contribution in [1.29, 1.82) is 0 Å². The van der Waals surface area contributed by atoms with Crippen LogP contribution in [-0.2, 0) is 0 Å². The van der Waals surface area contributed by atoms with Gasteiger partial charge in [-0.1, -0.05) is 0 Å². The Morgan fingerprint density at radius 3 is 2.15 bits per heavy atom. The molecule has 3 nitrogen and oxygen atoms in total. The second kappa shape index (κ2) is 5.83. The first kappa shape index (κ1) is 11.2. The number of phenolic OH excluding ortho intramolecular Hbond substituents is 1. The molecule has 70 valence electrons. The molecule has 1 rings (SSSR count). The molecule has 0 unspecified atom stereocenters. The highest BCUT2D eigenvalue weighted by Gasteiger charge is 1.94. The highest BCUT2D eigenvalue weighted by molar-refractivity contribution is 5.98. The molecule has 0 aromatic heterocycles. The van der Waals surface area contributed by atoms with E-state index in [0.717, 1.165) is 11.3 Å². The molecule has 0 aliphatic carbocycles. The lowest BCUT2D eigenvalue weighted by Gasteiger charge is -1.97. The topological polar surface area (TPSA) is 58.6 Å². The third-order valence-electron chi connectivity index (χ3n) is 1.48. The van der Waals surface area contributed by atoms with E-state index in [2.05, 4.69) is 18.3 Å². The van der Waals surface area contributed by atoms with Crippen LogP contribution in [0.3, 0.4) is 0 Å². The maximum atomic E-state index is 8.94. The molecule has 0 spiro atoms. The van der Waals surface area contributed by atoms with Gasteiger partial charge < -0.3 is 10.9 Å². The van der Waals surface area contributed by atoms with Gasteiger partial charge in [-0.25, -0.2) is 0 Å². The molecule has 0 saturated heterocycles. The number of phenols is 1. The molecule has 1 aromatic carbocycles. The summed E-state index contributed by atoms with van der Waals surface area (Å²) >= 11 is 0. The van der Waals surface area contributed by atoms with Crippen molar-refractivity contribution < 1.29 is 5.11 Å². The lowest BCUT2D eigenvalue weighted by atomic mass is 10.1. The van der Waals surface area contributed by atoms with Crippen molar-refractivity contribution in [1.82, 2.24) is 0 Å². The number of nitrogens with zero attached hydrogens (tertiary/aromatic N) is 1. The standard InChI is InChI=1S/C8H10N2O.C2H4/c1-6(10-9)7-2-4-8(11)5-3-7;1-2/h2-5,11H,9H2,1H3;1-2H2/b10-6-;. The van der Waals surface area contributed by atoms with Crippen LogP contribution in [0.1, 0.15) is 12.5 Å².